The average molecular weight is 745 g/mol. The number of aromatic nitrogens is 1. The molecule has 0 saturated carbocycles. The van der Waals surface area contributed by atoms with Gasteiger partial charge >= 0.3 is 11.9 Å². The van der Waals surface area contributed by atoms with Crippen molar-refractivity contribution in [2.45, 2.75) is 31.0 Å². The molecule has 0 aliphatic carbocycles. The summed E-state index contributed by atoms with van der Waals surface area (Å²) in [6, 6.07) is 17.5. The zero-order valence-electron chi connectivity index (χ0n) is 27.9. The van der Waals surface area contributed by atoms with Crippen molar-refractivity contribution in [1.29, 1.82) is 0 Å². The molecule has 1 fully saturated rings. The topological polar surface area (TPSA) is 134 Å². The second-order valence-electron chi connectivity index (χ2n) is 12.1. The fourth-order valence-corrected chi connectivity index (χ4v) is 7.33. The number of benzene rings is 2. The van der Waals surface area contributed by atoms with Crippen LogP contribution in [0.25, 0.3) is 0 Å². The number of pyridine rings is 1. The van der Waals surface area contributed by atoms with Gasteiger partial charge in [0.1, 0.15) is 21.0 Å². The fourth-order valence-electron chi connectivity index (χ4n) is 5.91. The van der Waals surface area contributed by atoms with Crippen molar-refractivity contribution >= 4 is 46.5 Å². The van der Waals surface area contributed by atoms with Gasteiger partial charge in [-0.05, 0) is 55.4 Å². The third kappa shape index (κ3) is 8.68. The van der Waals surface area contributed by atoms with Gasteiger partial charge in [-0.25, -0.2) is 9.59 Å². The molecule has 50 heavy (non-hydrogen) atoms. The summed E-state index contributed by atoms with van der Waals surface area (Å²) in [6.45, 7) is 1.65. The summed E-state index contributed by atoms with van der Waals surface area (Å²) < 4.78 is 23.2. The Kier molecular flexibility index (Phi) is 12.6. The molecule has 0 radical (unpaired) electrons. The summed E-state index contributed by atoms with van der Waals surface area (Å²) in [5.41, 5.74) is 0.0486. The first-order chi connectivity index (χ1) is 24.1. The molecule has 3 atom stereocenters. The average Bonchev–Trinajstić information content (AvgIpc) is 3.77. The van der Waals surface area contributed by atoms with Gasteiger partial charge in [0.15, 0.2) is 29.4 Å². The Morgan fingerprint density at radius 3 is 2.44 bits per heavy atom. The number of ether oxygens (including phenoxy) is 4. The Labute approximate surface area is 304 Å². The van der Waals surface area contributed by atoms with E-state index < -0.39 is 30.2 Å². The van der Waals surface area contributed by atoms with E-state index in [2.05, 4.69) is 10.2 Å². The summed E-state index contributed by atoms with van der Waals surface area (Å²) >= 11 is 14.0. The molecule has 2 aromatic carbocycles. The highest BCUT2D eigenvalue weighted by molar-refractivity contribution is 7.13. The van der Waals surface area contributed by atoms with Crippen molar-refractivity contribution in [3.63, 3.8) is 0 Å². The highest BCUT2D eigenvalue weighted by Gasteiger charge is 2.42. The summed E-state index contributed by atoms with van der Waals surface area (Å²) in [6.07, 6.45) is 2.48. The molecule has 0 amide bonds. The van der Waals surface area contributed by atoms with Crippen LogP contribution in [0.5, 0.6) is 11.5 Å². The fraction of sp³-hybridized carbons (Fsp3) is 0.361. The van der Waals surface area contributed by atoms with E-state index in [-0.39, 0.29) is 35.5 Å². The molecule has 2 unspecified atom stereocenters. The molecule has 0 spiro atoms. The molecule has 5 rings (SSSR count). The Morgan fingerprint density at radius 2 is 1.80 bits per heavy atom. The minimum atomic E-state index is -1.52. The van der Waals surface area contributed by atoms with E-state index in [4.69, 9.17) is 42.1 Å². The van der Waals surface area contributed by atoms with Crippen LogP contribution >= 0.6 is 34.5 Å². The summed E-state index contributed by atoms with van der Waals surface area (Å²) in [7, 11) is 5.05. The molecule has 11 nitrogen and oxygen atoms in total. The summed E-state index contributed by atoms with van der Waals surface area (Å²) in [5, 5.41) is 26.0. The Hall–Kier alpha value is -3.91. The van der Waals surface area contributed by atoms with Gasteiger partial charge in [-0.2, -0.15) is 4.73 Å². The van der Waals surface area contributed by atoms with E-state index in [1.54, 1.807) is 54.6 Å². The van der Waals surface area contributed by atoms with Crippen molar-refractivity contribution in [1.82, 2.24) is 10.2 Å². The lowest BCUT2D eigenvalue weighted by atomic mass is 9.90. The standard InChI is InChI=1S/C36H39Cl2N3O8S/c1-40-14-13-23(18-40)21-48-35(44)36(22-42,25-7-5-4-6-8-25)39-17-26-10-12-33(50-26)34(43)49-31(16-27-28(37)19-41(45)20-29(27)38)24-9-11-30(46-2)32(15-24)47-3/h4-12,15,19-20,23,31,39,42H,13-14,16-18,21-22H2,1-3H3/t23-,31?,36?/m1/s1. The molecule has 2 N–H and O–H groups in total. The zero-order chi connectivity index (χ0) is 35.8. The highest BCUT2D eigenvalue weighted by atomic mass is 35.5. The maximum absolute atomic E-state index is 13.6. The van der Waals surface area contributed by atoms with Gasteiger partial charge < -0.3 is 34.2 Å². The quantitative estimate of drug-likeness (QED) is 0.0937. The molecule has 1 aliphatic heterocycles. The third-order valence-electron chi connectivity index (χ3n) is 8.69. The van der Waals surface area contributed by atoms with Gasteiger partial charge in [0.05, 0.1) is 27.4 Å². The second-order valence-corrected chi connectivity index (χ2v) is 14.1. The highest BCUT2D eigenvalue weighted by Crippen LogP contribution is 2.36. The second kappa shape index (κ2) is 16.9. The number of hydrogen-bond acceptors (Lipinski definition) is 11. The zero-order valence-corrected chi connectivity index (χ0v) is 30.2. The van der Waals surface area contributed by atoms with E-state index in [1.807, 2.05) is 13.1 Å². The lowest BCUT2D eigenvalue weighted by Gasteiger charge is -2.31. The van der Waals surface area contributed by atoms with Crippen LogP contribution in [0.2, 0.25) is 10.0 Å². The third-order valence-corrected chi connectivity index (χ3v) is 10.4. The smallest absolute Gasteiger partial charge is 0.348 e. The Morgan fingerprint density at radius 1 is 1.08 bits per heavy atom. The van der Waals surface area contributed by atoms with Crippen molar-refractivity contribution in [3.8, 4) is 11.5 Å². The van der Waals surface area contributed by atoms with E-state index >= 15 is 0 Å². The van der Waals surface area contributed by atoms with Gasteiger partial charge in [-0.1, -0.05) is 59.6 Å². The number of likely N-dealkylation sites (tertiary alicyclic amines) is 1. The lowest BCUT2D eigenvalue weighted by Crippen LogP contribution is -2.53. The maximum Gasteiger partial charge on any atom is 0.348 e. The van der Waals surface area contributed by atoms with Crippen molar-refractivity contribution < 1.29 is 38.4 Å². The SMILES string of the molecule is COc1ccc(C(Cc2c(Cl)c[n+]([O-])cc2Cl)OC(=O)c2ccc(CNC(CO)(C(=O)OC[C@@H]3CCN(C)C3)c3ccccc3)s2)cc1OC. The number of aliphatic hydroxyl groups excluding tert-OH is 1. The number of rotatable bonds is 15. The maximum atomic E-state index is 13.6. The van der Waals surface area contributed by atoms with Crippen LogP contribution in [0, 0.1) is 11.1 Å². The van der Waals surface area contributed by atoms with Crippen LogP contribution < -0.4 is 19.5 Å². The first kappa shape index (κ1) is 37.3. The summed E-state index contributed by atoms with van der Waals surface area (Å²) in [5.74, 6) is -0.0415. The van der Waals surface area contributed by atoms with Crippen molar-refractivity contribution in [2.75, 3.05) is 47.6 Å². The van der Waals surface area contributed by atoms with Crippen LogP contribution in [0.1, 0.15) is 43.8 Å². The number of methoxy groups -OCH3 is 2. The van der Waals surface area contributed by atoms with Crippen molar-refractivity contribution in [3.05, 3.63) is 115 Å². The number of thiophene rings is 1. The largest absolute Gasteiger partial charge is 0.619 e. The minimum absolute atomic E-state index is 0.0644. The number of aliphatic hydroxyl groups is 1. The minimum Gasteiger partial charge on any atom is -0.619 e. The van der Waals surface area contributed by atoms with Crippen LogP contribution in [0.4, 0.5) is 0 Å². The van der Waals surface area contributed by atoms with Gasteiger partial charge in [0.2, 0.25) is 0 Å². The van der Waals surface area contributed by atoms with E-state index in [1.165, 1.54) is 38.0 Å². The molecular formula is C36H39Cl2N3O8S. The molecule has 14 heteroatoms. The van der Waals surface area contributed by atoms with E-state index in [0.29, 0.717) is 42.7 Å². The monoisotopic (exact) mass is 743 g/mol. The number of carbonyl (C=O) groups is 2. The Balaban J connectivity index is 1.35. The number of halogens is 2. The number of nitrogens with zero attached hydrogens (tertiary/aromatic N) is 2. The molecule has 4 aromatic rings. The van der Waals surface area contributed by atoms with Gasteiger partial charge in [-0.15, -0.1) is 11.3 Å². The van der Waals surface area contributed by atoms with Crippen LogP contribution in [-0.4, -0.2) is 69.5 Å². The number of carbonyl (C=O) groups excluding carboxylic acids is 2. The van der Waals surface area contributed by atoms with Crippen LogP contribution in [-0.2, 0) is 32.8 Å². The van der Waals surface area contributed by atoms with Gasteiger partial charge in [-0.3, -0.25) is 5.32 Å². The van der Waals surface area contributed by atoms with Gasteiger partial charge in [0, 0.05) is 35.9 Å². The van der Waals surface area contributed by atoms with Crippen LogP contribution in [0.15, 0.2) is 73.1 Å². The molecular weight excluding hydrogens is 705 g/mol. The van der Waals surface area contributed by atoms with E-state index in [9.17, 15) is 19.9 Å². The number of esters is 2. The van der Waals surface area contributed by atoms with Gasteiger partial charge in [0.25, 0.3) is 0 Å². The Bertz CT molecular complexity index is 1770. The molecule has 2 aromatic heterocycles. The van der Waals surface area contributed by atoms with E-state index in [0.717, 1.165) is 19.5 Å². The molecule has 1 saturated heterocycles. The number of hydrogen-bond donors (Lipinski definition) is 2. The molecule has 0 bridgehead atoms. The first-order valence-corrected chi connectivity index (χ1v) is 17.5. The molecule has 1 aliphatic rings. The first-order valence-electron chi connectivity index (χ1n) is 15.9. The van der Waals surface area contributed by atoms with Crippen LogP contribution in [0.3, 0.4) is 0 Å². The normalized spacial score (nSPS) is 16.4. The number of nitrogens with one attached hydrogen (secondary N) is 1. The predicted molar refractivity (Wildman–Crippen MR) is 190 cm³/mol. The molecule has 3 heterocycles. The predicted octanol–water partition coefficient (Wildman–Crippen LogP) is 5.32. The molecule has 266 valence electrons. The van der Waals surface area contributed by atoms with Crippen molar-refractivity contribution in [2.24, 2.45) is 5.92 Å². The lowest BCUT2D eigenvalue weighted by molar-refractivity contribution is -0.605. The summed E-state index contributed by atoms with van der Waals surface area (Å²) in [4.78, 5) is 30.5.